The summed E-state index contributed by atoms with van der Waals surface area (Å²) in [6, 6.07) is -0.931. The second-order valence-corrected chi connectivity index (χ2v) is 5.73. The molecule has 6 nitrogen and oxygen atoms in total. The van der Waals surface area contributed by atoms with Crippen LogP contribution in [0, 0.1) is 0 Å². The Morgan fingerprint density at radius 1 is 1.44 bits per heavy atom. The van der Waals surface area contributed by atoms with Gasteiger partial charge in [0, 0.05) is 6.26 Å². The highest BCUT2D eigenvalue weighted by Crippen LogP contribution is 2.00. The minimum absolute atomic E-state index is 0.0144. The van der Waals surface area contributed by atoms with Crippen molar-refractivity contribution in [3.63, 3.8) is 0 Å². The molecule has 8 heteroatoms. The van der Waals surface area contributed by atoms with Gasteiger partial charge in [-0.2, -0.15) is 0 Å². The lowest BCUT2D eigenvalue weighted by Gasteiger charge is -2.14. The second kappa shape index (κ2) is 6.70. The highest BCUT2D eigenvalue weighted by Gasteiger charge is 2.21. The maximum atomic E-state index is 11.3. The predicted molar refractivity (Wildman–Crippen MR) is 59.4 cm³/mol. The van der Waals surface area contributed by atoms with E-state index >= 15 is 0 Å². The molecule has 0 fully saturated rings. The van der Waals surface area contributed by atoms with Gasteiger partial charge in [0.2, 0.25) is 0 Å². The van der Waals surface area contributed by atoms with Gasteiger partial charge in [-0.3, -0.25) is 4.79 Å². The number of hydrogen-bond acceptors (Lipinski definition) is 5. The fraction of sp³-hybridized carbons (Fsp3) is 0.750. The molecule has 0 saturated heterocycles. The molecule has 0 aliphatic heterocycles. The van der Waals surface area contributed by atoms with E-state index in [4.69, 9.17) is 11.6 Å². The zero-order valence-corrected chi connectivity index (χ0v) is 10.6. The van der Waals surface area contributed by atoms with Crippen LogP contribution in [0.2, 0.25) is 0 Å². The molecule has 0 rings (SSSR count). The maximum absolute atomic E-state index is 11.3. The summed E-state index contributed by atoms with van der Waals surface area (Å²) in [5.41, 5.74) is 0. The van der Waals surface area contributed by atoms with Crippen molar-refractivity contribution < 1.29 is 22.7 Å². The number of sulfone groups is 1. The Morgan fingerprint density at radius 2 is 2.00 bits per heavy atom. The summed E-state index contributed by atoms with van der Waals surface area (Å²) in [4.78, 5) is 22.2. The first-order chi connectivity index (χ1) is 7.30. The van der Waals surface area contributed by atoms with E-state index in [1.54, 1.807) is 0 Å². The average Bonchev–Trinajstić information content (AvgIpc) is 2.21. The van der Waals surface area contributed by atoms with E-state index in [-0.39, 0.29) is 18.1 Å². The molecule has 0 aromatic rings. The van der Waals surface area contributed by atoms with Gasteiger partial charge in [0.1, 0.15) is 9.84 Å². The van der Waals surface area contributed by atoms with Gasteiger partial charge in [0.25, 0.3) is 0 Å². The Bertz CT molecular complexity index is 353. The molecule has 0 aliphatic carbocycles. The number of nitrogens with one attached hydrogen (secondary N) is 1. The summed E-state index contributed by atoms with van der Waals surface area (Å²) in [5, 5.41) is 2.23. The normalized spacial score (nSPS) is 12.9. The molecule has 0 radical (unpaired) electrons. The number of carbonyl (C=O) groups excluding carboxylic acids is 2. The van der Waals surface area contributed by atoms with Crippen molar-refractivity contribution in [2.24, 2.45) is 0 Å². The summed E-state index contributed by atoms with van der Waals surface area (Å²) < 4.78 is 26.1. The van der Waals surface area contributed by atoms with E-state index in [1.807, 2.05) is 0 Å². The summed E-state index contributed by atoms with van der Waals surface area (Å²) in [5.74, 6) is -0.946. The molecule has 1 amide bonds. The second-order valence-electron chi connectivity index (χ2n) is 3.21. The molecule has 1 N–H and O–H groups in total. The van der Waals surface area contributed by atoms with Crippen LogP contribution < -0.4 is 5.32 Å². The van der Waals surface area contributed by atoms with Crippen molar-refractivity contribution in [3.8, 4) is 0 Å². The van der Waals surface area contributed by atoms with Gasteiger partial charge >= 0.3 is 6.09 Å². The van der Waals surface area contributed by atoms with Crippen molar-refractivity contribution in [1.82, 2.24) is 5.32 Å². The number of hydrogen-bond donors (Lipinski definition) is 1. The van der Waals surface area contributed by atoms with Gasteiger partial charge in [-0.25, -0.2) is 13.2 Å². The number of ether oxygens (including phenoxy) is 1. The third-order valence-corrected chi connectivity index (χ3v) is 3.02. The smallest absolute Gasteiger partial charge is 0.407 e. The zero-order chi connectivity index (χ0) is 12.8. The number of ketones is 1. The zero-order valence-electron chi connectivity index (χ0n) is 9.03. The Balaban J connectivity index is 4.44. The lowest BCUT2D eigenvalue weighted by Crippen LogP contribution is -2.42. The summed E-state index contributed by atoms with van der Waals surface area (Å²) in [6.07, 6.45) is 0.240. The monoisotopic (exact) mass is 271 g/mol. The van der Waals surface area contributed by atoms with Gasteiger partial charge < -0.3 is 10.1 Å². The lowest BCUT2D eigenvalue weighted by molar-refractivity contribution is -0.118. The van der Waals surface area contributed by atoms with E-state index in [2.05, 4.69) is 10.1 Å². The van der Waals surface area contributed by atoms with Gasteiger partial charge in [-0.05, 0) is 6.42 Å². The van der Waals surface area contributed by atoms with Crippen molar-refractivity contribution in [1.29, 1.82) is 0 Å². The molecule has 0 saturated carbocycles. The van der Waals surface area contributed by atoms with Crippen LogP contribution in [0.1, 0.15) is 6.42 Å². The largest absolute Gasteiger partial charge is 0.453 e. The fourth-order valence-electron chi connectivity index (χ4n) is 0.940. The van der Waals surface area contributed by atoms with E-state index in [9.17, 15) is 18.0 Å². The molecule has 1 unspecified atom stereocenters. The Hall–Kier alpha value is -0.820. The minimum Gasteiger partial charge on any atom is -0.453 e. The highest BCUT2D eigenvalue weighted by atomic mass is 35.5. The molecule has 0 bridgehead atoms. The average molecular weight is 272 g/mol. The SMILES string of the molecule is COC(=O)NC(CCS(C)(=O)=O)C(=O)CCl. The van der Waals surface area contributed by atoms with E-state index in [0.717, 1.165) is 13.4 Å². The van der Waals surface area contributed by atoms with Crippen LogP contribution in [0.4, 0.5) is 4.79 Å². The molecular weight excluding hydrogens is 258 g/mol. The van der Waals surface area contributed by atoms with Crippen LogP contribution in [0.5, 0.6) is 0 Å². The Kier molecular flexibility index (Phi) is 6.35. The molecule has 0 heterocycles. The van der Waals surface area contributed by atoms with Crippen LogP contribution in [-0.4, -0.2) is 51.3 Å². The predicted octanol–water partition coefficient (Wildman–Crippen LogP) is -0.0464. The van der Waals surface area contributed by atoms with Crippen molar-refractivity contribution in [2.45, 2.75) is 12.5 Å². The first-order valence-corrected chi connectivity index (χ1v) is 7.00. The van der Waals surface area contributed by atoms with Crippen molar-refractivity contribution >= 4 is 33.3 Å². The van der Waals surface area contributed by atoms with Gasteiger partial charge in [-0.15, -0.1) is 11.6 Å². The fourth-order valence-corrected chi connectivity index (χ4v) is 1.79. The number of alkyl carbamates (subject to hydrolysis) is 1. The molecule has 0 spiro atoms. The van der Waals surface area contributed by atoms with Crippen LogP contribution in [-0.2, 0) is 19.4 Å². The number of carbonyl (C=O) groups is 2. The van der Waals surface area contributed by atoms with Gasteiger partial charge in [0.05, 0.1) is 24.8 Å². The molecule has 1 atom stereocenters. The standard InChI is InChI=1S/C8H14ClNO5S/c1-15-8(12)10-6(7(11)5-9)3-4-16(2,13)14/h6H,3-5H2,1-2H3,(H,10,12). The third kappa shape index (κ3) is 6.62. The number of halogens is 1. The Morgan fingerprint density at radius 3 is 2.38 bits per heavy atom. The molecule has 0 aliphatic rings. The van der Waals surface area contributed by atoms with Crippen LogP contribution in [0.3, 0.4) is 0 Å². The molecule has 0 aromatic carbocycles. The van der Waals surface area contributed by atoms with Crippen LogP contribution in [0.15, 0.2) is 0 Å². The Labute approximate surface area is 99.2 Å². The number of methoxy groups -OCH3 is 1. The number of rotatable bonds is 6. The number of alkyl halides is 1. The van der Waals surface area contributed by atoms with Gasteiger partial charge in [-0.1, -0.05) is 0 Å². The lowest BCUT2D eigenvalue weighted by atomic mass is 10.1. The highest BCUT2D eigenvalue weighted by molar-refractivity contribution is 7.90. The first kappa shape index (κ1) is 15.2. The van der Waals surface area contributed by atoms with Gasteiger partial charge in [0.15, 0.2) is 5.78 Å². The maximum Gasteiger partial charge on any atom is 0.407 e. The first-order valence-electron chi connectivity index (χ1n) is 4.41. The topological polar surface area (TPSA) is 89.5 Å². The summed E-state index contributed by atoms with van der Waals surface area (Å²) in [7, 11) is -2.04. The quantitative estimate of drug-likeness (QED) is 0.685. The van der Waals surface area contributed by atoms with Crippen LogP contribution >= 0.6 is 11.6 Å². The molecule has 0 aromatic heterocycles. The summed E-state index contributed by atoms with van der Waals surface area (Å²) >= 11 is 5.33. The van der Waals surface area contributed by atoms with Crippen molar-refractivity contribution in [3.05, 3.63) is 0 Å². The van der Waals surface area contributed by atoms with E-state index in [1.165, 1.54) is 0 Å². The van der Waals surface area contributed by atoms with Crippen molar-refractivity contribution in [2.75, 3.05) is 25.0 Å². The third-order valence-electron chi connectivity index (χ3n) is 1.78. The number of amides is 1. The minimum atomic E-state index is -3.19. The number of Topliss-reactive ketones (excluding diaryl/α,β-unsaturated/α-hetero) is 1. The molecule has 94 valence electrons. The molecule has 16 heavy (non-hydrogen) atoms. The molecular formula is C8H14ClNO5S. The van der Waals surface area contributed by atoms with E-state index in [0.29, 0.717) is 0 Å². The van der Waals surface area contributed by atoms with E-state index < -0.39 is 27.8 Å². The van der Waals surface area contributed by atoms with Crippen LogP contribution in [0.25, 0.3) is 0 Å². The summed E-state index contributed by atoms with van der Waals surface area (Å²) in [6.45, 7) is 0.